The lowest BCUT2D eigenvalue weighted by molar-refractivity contribution is -0.134. The number of benzene rings is 2. The third-order valence-corrected chi connectivity index (χ3v) is 6.36. The Morgan fingerprint density at radius 3 is 2.53 bits per heavy atom. The fourth-order valence-electron chi connectivity index (χ4n) is 4.06. The predicted octanol–water partition coefficient (Wildman–Crippen LogP) is 6.59. The zero-order valence-corrected chi connectivity index (χ0v) is 24.3. The molecule has 0 amide bonds. The normalized spacial score (nSPS) is 12.3. The van der Waals surface area contributed by atoms with Crippen molar-refractivity contribution >= 4 is 23.1 Å². The van der Waals surface area contributed by atoms with Crippen molar-refractivity contribution < 1.29 is 19.0 Å². The minimum atomic E-state index is -0.304. The van der Waals surface area contributed by atoms with E-state index in [1.165, 1.54) is 0 Å². The molecular weight excluding hydrogens is 500 g/mol. The molecule has 208 valence electrons. The summed E-state index contributed by atoms with van der Waals surface area (Å²) >= 11 is 6.11. The van der Waals surface area contributed by atoms with Crippen LogP contribution in [0.1, 0.15) is 55.7 Å². The van der Waals surface area contributed by atoms with Crippen LogP contribution in [0.2, 0.25) is 5.02 Å². The summed E-state index contributed by atoms with van der Waals surface area (Å²) in [6.07, 6.45) is 4.11. The topological polar surface area (TPSA) is 60.0 Å². The summed E-state index contributed by atoms with van der Waals surface area (Å²) < 4.78 is 17.1. The van der Waals surface area contributed by atoms with Crippen LogP contribution in [0.25, 0.3) is 5.57 Å². The van der Waals surface area contributed by atoms with Crippen molar-refractivity contribution in [1.82, 2.24) is 10.2 Å². The summed E-state index contributed by atoms with van der Waals surface area (Å²) in [5.41, 5.74) is 4.20. The van der Waals surface area contributed by atoms with Crippen LogP contribution in [-0.2, 0) is 14.3 Å². The molecule has 2 rings (SSSR count). The van der Waals surface area contributed by atoms with Gasteiger partial charge in [0.05, 0.1) is 13.0 Å². The highest BCUT2D eigenvalue weighted by atomic mass is 35.5. The Bertz CT molecular complexity index is 1050. The van der Waals surface area contributed by atoms with Crippen molar-refractivity contribution in [2.75, 3.05) is 47.0 Å². The molecule has 0 bridgehead atoms. The Kier molecular flexibility index (Phi) is 14.0. The predicted molar refractivity (Wildman–Crippen MR) is 157 cm³/mol. The van der Waals surface area contributed by atoms with E-state index in [4.69, 9.17) is 25.8 Å². The van der Waals surface area contributed by atoms with E-state index in [1.807, 2.05) is 56.3 Å². The summed E-state index contributed by atoms with van der Waals surface area (Å²) in [6.45, 7) is 13.1. The van der Waals surface area contributed by atoms with Crippen LogP contribution >= 0.6 is 11.6 Å². The van der Waals surface area contributed by atoms with Gasteiger partial charge in [0.2, 0.25) is 0 Å². The van der Waals surface area contributed by atoms with Crippen LogP contribution in [0.3, 0.4) is 0 Å². The molecule has 0 spiro atoms. The molecule has 38 heavy (non-hydrogen) atoms. The quantitative estimate of drug-likeness (QED) is 0.105. The number of carbonyl (C=O) groups is 1. The molecule has 0 saturated heterocycles. The van der Waals surface area contributed by atoms with Gasteiger partial charge < -0.3 is 24.4 Å². The Morgan fingerprint density at radius 1 is 1.13 bits per heavy atom. The van der Waals surface area contributed by atoms with Gasteiger partial charge in [-0.3, -0.25) is 4.79 Å². The highest BCUT2D eigenvalue weighted by Gasteiger charge is 2.21. The minimum Gasteiger partial charge on any atom is -0.477 e. The third kappa shape index (κ3) is 10.9. The first-order valence-corrected chi connectivity index (χ1v) is 13.6. The number of nitrogens with zero attached hydrogens (tertiary/aromatic N) is 1. The maximum atomic E-state index is 13.2. The molecule has 0 aliphatic rings. The second kappa shape index (κ2) is 16.9. The number of aryl methyl sites for hydroxylation is 1. The molecule has 0 heterocycles. The van der Waals surface area contributed by atoms with Crippen LogP contribution < -0.4 is 10.1 Å². The van der Waals surface area contributed by atoms with Crippen molar-refractivity contribution in [2.45, 2.75) is 46.0 Å². The SMILES string of the molecule is C=C(NCC(CC(=O)Oc1cccc(C)c1/C(=C\C)CCN(C)C)c1ccc(Cl)cc1)OCCOCCC. The molecule has 2 aromatic carbocycles. The summed E-state index contributed by atoms with van der Waals surface area (Å²) in [5, 5.41) is 3.85. The molecule has 1 atom stereocenters. The van der Waals surface area contributed by atoms with Crippen molar-refractivity contribution in [1.29, 1.82) is 0 Å². The monoisotopic (exact) mass is 542 g/mol. The lowest BCUT2D eigenvalue weighted by Crippen LogP contribution is -2.26. The molecule has 6 nitrogen and oxygen atoms in total. The van der Waals surface area contributed by atoms with Crippen LogP contribution in [0.5, 0.6) is 5.75 Å². The van der Waals surface area contributed by atoms with E-state index in [1.54, 1.807) is 0 Å². The van der Waals surface area contributed by atoms with Gasteiger partial charge in [0.1, 0.15) is 12.4 Å². The number of esters is 1. The maximum absolute atomic E-state index is 13.2. The lowest BCUT2D eigenvalue weighted by Gasteiger charge is -2.21. The molecule has 0 aliphatic carbocycles. The van der Waals surface area contributed by atoms with Gasteiger partial charge in [0.25, 0.3) is 0 Å². The number of allylic oxidation sites excluding steroid dienone is 1. The Hall–Kier alpha value is -2.80. The summed E-state index contributed by atoms with van der Waals surface area (Å²) in [7, 11) is 4.11. The molecule has 7 heteroatoms. The number of hydrogen-bond acceptors (Lipinski definition) is 6. The average molecular weight is 543 g/mol. The Labute approximate surface area is 233 Å². The van der Waals surface area contributed by atoms with Crippen LogP contribution in [0.4, 0.5) is 0 Å². The number of hydrogen-bond donors (Lipinski definition) is 1. The number of ether oxygens (including phenoxy) is 3. The second-order valence-electron chi connectivity index (χ2n) is 9.51. The van der Waals surface area contributed by atoms with Gasteiger partial charge in [-0.05, 0) is 82.3 Å². The molecule has 1 unspecified atom stereocenters. The summed E-state index contributed by atoms with van der Waals surface area (Å²) in [5.74, 6) is 0.558. The number of rotatable bonds is 17. The number of nitrogens with one attached hydrogen (secondary N) is 1. The highest BCUT2D eigenvalue weighted by Crippen LogP contribution is 2.32. The van der Waals surface area contributed by atoms with Crippen molar-refractivity contribution in [3.63, 3.8) is 0 Å². The Balaban J connectivity index is 2.12. The molecule has 1 N–H and O–H groups in total. The summed E-state index contributed by atoms with van der Waals surface area (Å²) in [4.78, 5) is 15.4. The fraction of sp³-hybridized carbons (Fsp3) is 0.452. The molecular formula is C31H43ClN2O4. The van der Waals surface area contributed by atoms with Crippen LogP contribution in [0, 0.1) is 6.92 Å². The van der Waals surface area contributed by atoms with Gasteiger partial charge in [0.15, 0.2) is 5.88 Å². The van der Waals surface area contributed by atoms with E-state index in [0.29, 0.717) is 43.0 Å². The average Bonchev–Trinajstić information content (AvgIpc) is 2.88. The van der Waals surface area contributed by atoms with Gasteiger partial charge in [-0.1, -0.05) is 48.9 Å². The lowest BCUT2D eigenvalue weighted by atomic mass is 9.95. The van der Waals surface area contributed by atoms with Gasteiger partial charge in [-0.2, -0.15) is 0 Å². The second-order valence-corrected chi connectivity index (χ2v) is 9.94. The summed E-state index contributed by atoms with van der Waals surface area (Å²) in [6, 6.07) is 13.4. The molecule has 0 aliphatic heterocycles. The molecule has 0 aromatic heterocycles. The third-order valence-electron chi connectivity index (χ3n) is 6.11. The highest BCUT2D eigenvalue weighted by molar-refractivity contribution is 6.30. The minimum absolute atomic E-state index is 0.167. The van der Waals surface area contributed by atoms with Gasteiger partial charge in [0, 0.05) is 36.2 Å². The van der Waals surface area contributed by atoms with E-state index < -0.39 is 0 Å². The molecule has 0 saturated carbocycles. The Morgan fingerprint density at radius 2 is 1.87 bits per heavy atom. The smallest absolute Gasteiger partial charge is 0.311 e. The van der Waals surface area contributed by atoms with Crippen molar-refractivity contribution in [2.24, 2.45) is 0 Å². The van der Waals surface area contributed by atoms with Gasteiger partial charge in [-0.25, -0.2) is 0 Å². The van der Waals surface area contributed by atoms with Crippen LogP contribution in [-0.4, -0.2) is 57.9 Å². The number of carbonyl (C=O) groups excluding carboxylic acids is 1. The first-order chi connectivity index (χ1) is 18.2. The first kappa shape index (κ1) is 31.4. The van der Waals surface area contributed by atoms with E-state index in [9.17, 15) is 4.79 Å². The van der Waals surface area contributed by atoms with E-state index >= 15 is 0 Å². The van der Waals surface area contributed by atoms with Gasteiger partial charge in [-0.15, -0.1) is 0 Å². The van der Waals surface area contributed by atoms with Crippen molar-refractivity contribution in [3.8, 4) is 5.75 Å². The standard InChI is InChI=1S/C31H43ClN2O4/c1-7-18-36-19-20-37-24(4)33-22-27(26-12-14-28(32)15-13-26)21-30(35)38-29-11-9-10-23(3)31(29)25(8-2)16-17-34(5)6/h8-15,27,33H,4,7,16-22H2,1-3,5-6H3/b25-8-. The van der Waals surface area contributed by atoms with E-state index in [-0.39, 0.29) is 18.3 Å². The van der Waals surface area contributed by atoms with Crippen molar-refractivity contribution in [3.05, 3.63) is 82.7 Å². The molecule has 2 aromatic rings. The van der Waals surface area contributed by atoms with E-state index in [2.05, 4.69) is 43.9 Å². The van der Waals surface area contributed by atoms with Crippen LogP contribution in [0.15, 0.2) is 61.0 Å². The largest absolute Gasteiger partial charge is 0.477 e. The zero-order valence-electron chi connectivity index (χ0n) is 23.5. The zero-order chi connectivity index (χ0) is 27.9. The maximum Gasteiger partial charge on any atom is 0.311 e. The first-order valence-electron chi connectivity index (χ1n) is 13.2. The number of halogens is 1. The fourth-order valence-corrected chi connectivity index (χ4v) is 4.19. The van der Waals surface area contributed by atoms with Gasteiger partial charge >= 0.3 is 5.97 Å². The molecule has 0 fully saturated rings. The molecule has 0 radical (unpaired) electrons. The van der Waals surface area contributed by atoms with E-state index in [0.717, 1.165) is 41.6 Å².